The third kappa shape index (κ3) is 4.59. The molecule has 0 bridgehead atoms. The Hall–Kier alpha value is -0.580. The summed E-state index contributed by atoms with van der Waals surface area (Å²) in [6.45, 7) is 5.96. The summed E-state index contributed by atoms with van der Waals surface area (Å²) in [6, 6.07) is 6.37. The predicted molar refractivity (Wildman–Crippen MR) is 83.1 cm³/mol. The summed E-state index contributed by atoms with van der Waals surface area (Å²) in [5.41, 5.74) is 8.32. The van der Waals surface area contributed by atoms with Crippen molar-refractivity contribution in [1.82, 2.24) is 4.90 Å². The number of hydrogen-bond acceptors (Lipinski definition) is 3. The summed E-state index contributed by atoms with van der Waals surface area (Å²) in [5, 5.41) is 0. The van der Waals surface area contributed by atoms with E-state index >= 15 is 0 Å². The minimum absolute atomic E-state index is 0.580. The van der Waals surface area contributed by atoms with Crippen LogP contribution in [0.15, 0.2) is 22.7 Å². The molecule has 0 fully saturated rings. The molecule has 2 N–H and O–H groups in total. The van der Waals surface area contributed by atoms with Crippen LogP contribution in [0.3, 0.4) is 0 Å². The second-order valence-electron chi connectivity index (χ2n) is 4.77. The fourth-order valence-corrected chi connectivity index (χ4v) is 2.38. The summed E-state index contributed by atoms with van der Waals surface area (Å²) < 4.78 is 1.09. The van der Waals surface area contributed by atoms with E-state index in [2.05, 4.69) is 64.9 Å². The fraction of sp³-hybridized carbons (Fsp3) is 0.571. The lowest BCUT2D eigenvalue weighted by atomic mass is 10.1. The van der Waals surface area contributed by atoms with Gasteiger partial charge in [0.25, 0.3) is 0 Å². The number of anilines is 1. The molecule has 0 aliphatic heterocycles. The molecule has 0 radical (unpaired) electrons. The van der Waals surface area contributed by atoms with E-state index in [0.717, 1.165) is 30.5 Å². The lowest BCUT2D eigenvalue weighted by Gasteiger charge is -2.28. The van der Waals surface area contributed by atoms with Crippen molar-refractivity contribution < 1.29 is 0 Å². The van der Waals surface area contributed by atoms with E-state index in [1.165, 1.54) is 11.3 Å². The highest BCUT2D eigenvalue weighted by Crippen LogP contribution is 2.24. The van der Waals surface area contributed by atoms with Crippen LogP contribution in [0.1, 0.15) is 18.9 Å². The zero-order valence-electron chi connectivity index (χ0n) is 11.6. The number of likely N-dealkylation sites (N-methyl/N-ethyl adjacent to an activating group) is 1. The summed E-state index contributed by atoms with van der Waals surface area (Å²) in [4.78, 5) is 4.64. The summed E-state index contributed by atoms with van der Waals surface area (Å²) in [6.07, 6.45) is 1.15. The molecule has 4 heteroatoms. The van der Waals surface area contributed by atoms with Gasteiger partial charge in [-0.1, -0.05) is 22.9 Å². The predicted octanol–water partition coefficient (Wildman–Crippen LogP) is 2.69. The summed E-state index contributed by atoms with van der Waals surface area (Å²) in [5.74, 6) is 0. The third-order valence-corrected chi connectivity index (χ3v) is 3.41. The number of halogens is 1. The molecule has 0 heterocycles. The van der Waals surface area contributed by atoms with Crippen LogP contribution in [0.2, 0.25) is 0 Å². The molecule has 3 nitrogen and oxygen atoms in total. The summed E-state index contributed by atoms with van der Waals surface area (Å²) >= 11 is 3.51. The van der Waals surface area contributed by atoms with Crippen LogP contribution in [0.4, 0.5) is 5.69 Å². The molecule has 0 aliphatic rings. The molecule has 0 saturated carbocycles. The fourth-order valence-electron chi connectivity index (χ4n) is 1.97. The lowest BCUT2D eigenvalue weighted by molar-refractivity contribution is 0.413. The molecular formula is C14H24BrN3. The van der Waals surface area contributed by atoms with Crippen molar-refractivity contribution in [2.45, 2.75) is 19.9 Å². The third-order valence-electron chi connectivity index (χ3n) is 2.91. The van der Waals surface area contributed by atoms with Crippen molar-refractivity contribution in [2.75, 3.05) is 38.6 Å². The van der Waals surface area contributed by atoms with Crippen molar-refractivity contribution >= 4 is 21.6 Å². The van der Waals surface area contributed by atoms with Gasteiger partial charge in [-0.2, -0.15) is 0 Å². The second kappa shape index (κ2) is 7.77. The molecule has 0 saturated heterocycles. The molecule has 18 heavy (non-hydrogen) atoms. The van der Waals surface area contributed by atoms with Crippen LogP contribution < -0.4 is 10.6 Å². The van der Waals surface area contributed by atoms with Crippen molar-refractivity contribution in [3.8, 4) is 0 Å². The average molecular weight is 314 g/mol. The lowest BCUT2D eigenvalue weighted by Crippen LogP contribution is -2.33. The standard InChI is InChI=1S/C14H24BrN3/c1-4-7-18(9-8-17(2)3)14-6-5-13(15)10-12(14)11-16/h5-6,10H,4,7-9,11,16H2,1-3H3. The Morgan fingerprint density at radius 1 is 1.17 bits per heavy atom. The highest BCUT2D eigenvalue weighted by Gasteiger charge is 2.10. The van der Waals surface area contributed by atoms with Gasteiger partial charge in [0.05, 0.1) is 0 Å². The van der Waals surface area contributed by atoms with Crippen LogP contribution in [0.5, 0.6) is 0 Å². The molecule has 0 spiro atoms. The minimum Gasteiger partial charge on any atom is -0.370 e. The van der Waals surface area contributed by atoms with Crippen molar-refractivity contribution in [2.24, 2.45) is 5.73 Å². The Morgan fingerprint density at radius 3 is 2.44 bits per heavy atom. The second-order valence-corrected chi connectivity index (χ2v) is 5.68. The van der Waals surface area contributed by atoms with Crippen LogP contribution in [-0.2, 0) is 6.54 Å². The van der Waals surface area contributed by atoms with Crippen molar-refractivity contribution in [3.05, 3.63) is 28.2 Å². The normalized spacial score (nSPS) is 11.0. The quantitative estimate of drug-likeness (QED) is 0.840. The Bertz CT molecular complexity index is 366. The molecule has 0 unspecified atom stereocenters. The van der Waals surface area contributed by atoms with Gasteiger partial charge in [-0.05, 0) is 44.3 Å². The molecule has 0 amide bonds. The van der Waals surface area contributed by atoms with Crippen molar-refractivity contribution in [3.63, 3.8) is 0 Å². The van der Waals surface area contributed by atoms with Gasteiger partial charge in [-0.15, -0.1) is 0 Å². The number of nitrogens with zero attached hydrogens (tertiary/aromatic N) is 2. The number of rotatable bonds is 7. The van der Waals surface area contributed by atoms with Crippen LogP contribution in [-0.4, -0.2) is 38.6 Å². The van der Waals surface area contributed by atoms with Gasteiger partial charge < -0.3 is 15.5 Å². The van der Waals surface area contributed by atoms with E-state index in [4.69, 9.17) is 5.73 Å². The molecule has 1 aromatic rings. The minimum atomic E-state index is 0.580. The largest absolute Gasteiger partial charge is 0.370 e. The zero-order chi connectivity index (χ0) is 13.5. The first-order chi connectivity index (χ1) is 8.58. The Morgan fingerprint density at radius 2 is 1.89 bits per heavy atom. The Labute approximate surface area is 119 Å². The van der Waals surface area contributed by atoms with E-state index in [-0.39, 0.29) is 0 Å². The maximum absolute atomic E-state index is 5.85. The molecule has 102 valence electrons. The average Bonchev–Trinajstić information content (AvgIpc) is 2.34. The Kier molecular flexibility index (Phi) is 6.68. The van der Waals surface area contributed by atoms with Gasteiger partial charge in [-0.25, -0.2) is 0 Å². The van der Waals surface area contributed by atoms with Gasteiger partial charge in [0.2, 0.25) is 0 Å². The number of nitrogens with two attached hydrogens (primary N) is 1. The van der Waals surface area contributed by atoms with Crippen LogP contribution in [0.25, 0.3) is 0 Å². The molecule has 1 rings (SSSR count). The SMILES string of the molecule is CCCN(CCN(C)C)c1ccc(Br)cc1CN. The first-order valence-corrected chi connectivity index (χ1v) is 7.26. The van der Waals surface area contributed by atoms with Gasteiger partial charge in [0, 0.05) is 36.3 Å². The first-order valence-electron chi connectivity index (χ1n) is 6.46. The summed E-state index contributed by atoms with van der Waals surface area (Å²) in [7, 11) is 4.21. The van der Waals surface area contributed by atoms with Gasteiger partial charge in [-0.3, -0.25) is 0 Å². The Balaban J connectivity index is 2.89. The van der Waals surface area contributed by atoms with E-state index < -0.39 is 0 Å². The maximum Gasteiger partial charge on any atom is 0.0412 e. The van der Waals surface area contributed by atoms with Gasteiger partial charge in [0.1, 0.15) is 0 Å². The number of benzene rings is 1. The van der Waals surface area contributed by atoms with E-state index in [1.807, 2.05) is 0 Å². The molecule has 1 aromatic carbocycles. The highest BCUT2D eigenvalue weighted by molar-refractivity contribution is 9.10. The van der Waals surface area contributed by atoms with Gasteiger partial charge in [0.15, 0.2) is 0 Å². The van der Waals surface area contributed by atoms with E-state index in [0.29, 0.717) is 6.54 Å². The smallest absolute Gasteiger partial charge is 0.0412 e. The molecule has 0 atom stereocenters. The van der Waals surface area contributed by atoms with Crippen LogP contribution in [0, 0.1) is 0 Å². The zero-order valence-corrected chi connectivity index (χ0v) is 13.2. The van der Waals surface area contributed by atoms with E-state index in [9.17, 15) is 0 Å². The topological polar surface area (TPSA) is 32.5 Å². The first kappa shape index (κ1) is 15.5. The monoisotopic (exact) mass is 313 g/mol. The van der Waals surface area contributed by atoms with E-state index in [1.54, 1.807) is 0 Å². The number of hydrogen-bond donors (Lipinski definition) is 1. The molecule has 0 aromatic heterocycles. The molecular weight excluding hydrogens is 290 g/mol. The molecule has 0 aliphatic carbocycles. The van der Waals surface area contributed by atoms with Crippen molar-refractivity contribution in [1.29, 1.82) is 0 Å². The highest BCUT2D eigenvalue weighted by atomic mass is 79.9. The van der Waals surface area contributed by atoms with Crippen LogP contribution >= 0.6 is 15.9 Å². The van der Waals surface area contributed by atoms with Gasteiger partial charge >= 0.3 is 0 Å². The maximum atomic E-state index is 5.85.